The van der Waals surface area contributed by atoms with E-state index in [1.165, 1.54) is 0 Å². The molecule has 0 amide bonds. The van der Waals surface area contributed by atoms with Crippen LogP contribution in [0.25, 0.3) is 11.0 Å². The zero-order valence-corrected chi connectivity index (χ0v) is 14.3. The van der Waals surface area contributed by atoms with Gasteiger partial charge in [0.25, 0.3) is 5.56 Å². The summed E-state index contributed by atoms with van der Waals surface area (Å²) in [5.41, 5.74) is 0.228. The number of hydrogen-bond donors (Lipinski definition) is 1. The number of hydrogen-bond acceptors (Lipinski definition) is 6. The number of fused-ring (bicyclic) bond motifs is 1. The molecule has 0 aliphatic carbocycles. The molecule has 2 aromatic heterocycles. The normalized spacial score (nSPS) is 21.0. The number of piperidine rings is 1. The van der Waals surface area contributed by atoms with E-state index in [4.69, 9.17) is 14.5 Å². The molecule has 0 aromatic carbocycles. The van der Waals surface area contributed by atoms with Gasteiger partial charge in [-0.25, -0.2) is 4.68 Å². The largest absolute Gasteiger partial charge is 0.347 e. The summed E-state index contributed by atoms with van der Waals surface area (Å²) in [6, 6.07) is 0. The average molecular weight is 333 g/mol. The highest BCUT2D eigenvalue weighted by Gasteiger charge is 2.40. The Kier molecular flexibility index (Phi) is 3.43. The standard InChI is InChI=1S/C16H23N5O3/c1-15(2,3)21-12-11(10-17-21)13(22)19-14(18-12)20-6-4-16(5-7-20)23-8-9-24-16/h10H,4-9H2,1-3H3,(H,18,19,22). The maximum Gasteiger partial charge on any atom is 0.263 e. The third-order valence-electron chi connectivity index (χ3n) is 4.70. The van der Waals surface area contributed by atoms with Crippen LogP contribution in [-0.4, -0.2) is 51.8 Å². The summed E-state index contributed by atoms with van der Waals surface area (Å²) in [6.45, 7) is 8.91. The zero-order chi connectivity index (χ0) is 16.9. The summed E-state index contributed by atoms with van der Waals surface area (Å²) in [4.78, 5) is 22.1. The highest BCUT2D eigenvalue weighted by atomic mass is 16.7. The van der Waals surface area contributed by atoms with Crippen LogP contribution in [0.4, 0.5) is 5.95 Å². The fraction of sp³-hybridized carbons (Fsp3) is 0.688. The molecule has 8 heteroatoms. The van der Waals surface area contributed by atoms with E-state index in [-0.39, 0.29) is 11.1 Å². The Bertz CT molecular complexity index is 803. The van der Waals surface area contributed by atoms with Crippen molar-refractivity contribution >= 4 is 17.0 Å². The van der Waals surface area contributed by atoms with Crippen LogP contribution < -0.4 is 10.5 Å². The predicted molar refractivity (Wildman–Crippen MR) is 89.2 cm³/mol. The number of anilines is 1. The van der Waals surface area contributed by atoms with Crippen molar-refractivity contribution in [2.75, 3.05) is 31.2 Å². The van der Waals surface area contributed by atoms with Gasteiger partial charge in [-0.1, -0.05) is 0 Å². The Hall–Kier alpha value is -1.93. The molecule has 0 saturated carbocycles. The molecule has 4 rings (SSSR count). The van der Waals surface area contributed by atoms with Crippen molar-refractivity contribution < 1.29 is 9.47 Å². The lowest BCUT2D eigenvalue weighted by Gasteiger charge is -2.37. The van der Waals surface area contributed by atoms with Crippen molar-refractivity contribution in [2.45, 2.75) is 44.9 Å². The molecule has 24 heavy (non-hydrogen) atoms. The van der Waals surface area contributed by atoms with Crippen LogP contribution in [-0.2, 0) is 15.0 Å². The maximum atomic E-state index is 12.4. The van der Waals surface area contributed by atoms with Gasteiger partial charge in [0.1, 0.15) is 5.39 Å². The van der Waals surface area contributed by atoms with Gasteiger partial charge in [-0.2, -0.15) is 10.1 Å². The molecule has 2 aliphatic rings. The van der Waals surface area contributed by atoms with E-state index in [0.29, 0.717) is 30.2 Å². The van der Waals surface area contributed by atoms with Gasteiger partial charge in [0.05, 0.1) is 24.9 Å². The molecule has 2 fully saturated rings. The lowest BCUT2D eigenvalue weighted by atomic mass is 10.0. The second kappa shape index (κ2) is 5.29. The number of aromatic nitrogens is 4. The molecule has 0 radical (unpaired) electrons. The van der Waals surface area contributed by atoms with Crippen LogP contribution in [0.2, 0.25) is 0 Å². The lowest BCUT2D eigenvalue weighted by molar-refractivity contribution is -0.169. The van der Waals surface area contributed by atoms with E-state index in [1.54, 1.807) is 10.9 Å². The van der Waals surface area contributed by atoms with Gasteiger partial charge < -0.3 is 14.4 Å². The van der Waals surface area contributed by atoms with Gasteiger partial charge in [-0.3, -0.25) is 9.78 Å². The molecule has 130 valence electrons. The molecular weight excluding hydrogens is 310 g/mol. The molecule has 8 nitrogen and oxygen atoms in total. The van der Waals surface area contributed by atoms with Crippen LogP contribution in [0.3, 0.4) is 0 Å². The molecule has 0 unspecified atom stereocenters. The summed E-state index contributed by atoms with van der Waals surface area (Å²) in [5, 5.41) is 4.87. The first-order valence-corrected chi connectivity index (χ1v) is 8.39. The number of ether oxygens (including phenoxy) is 2. The van der Waals surface area contributed by atoms with Gasteiger partial charge in [-0.05, 0) is 20.8 Å². The molecule has 2 saturated heterocycles. The van der Waals surface area contributed by atoms with Gasteiger partial charge in [0.15, 0.2) is 11.4 Å². The molecule has 0 bridgehead atoms. The van der Waals surface area contributed by atoms with Crippen molar-refractivity contribution in [3.8, 4) is 0 Å². The highest BCUT2D eigenvalue weighted by molar-refractivity contribution is 5.74. The molecule has 2 aliphatic heterocycles. The van der Waals surface area contributed by atoms with Gasteiger partial charge >= 0.3 is 0 Å². The van der Waals surface area contributed by atoms with Crippen molar-refractivity contribution in [3.05, 3.63) is 16.6 Å². The first-order chi connectivity index (χ1) is 11.4. The monoisotopic (exact) mass is 333 g/mol. The lowest BCUT2D eigenvalue weighted by Crippen LogP contribution is -2.46. The van der Waals surface area contributed by atoms with E-state index >= 15 is 0 Å². The average Bonchev–Trinajstić information content (AvgIpc) is 3.15. The summed E-state index contributed by atoms with van der Waals surface area (Å²) in [6.07, 6.45) is 3.13. The predicted octanol–water partition coefficient (Wildman–Crippen LogP) is 1.22. The quantitative estimate of drug-likeness (QED) is 0.844. The van der Waals surface area contributed by atoms with E-state index in [2.05, 4.69) is 15.0 Å². The van der Waals surface area contributed by atoms with E-state index in [9.17, 15) is 4.79 Å². The maximum absolute atomic E-state index is 12.4. The molecular formula is C16H23N5O3. The molecule has 0 atom stereocenters. The number of aromatic amines is 1. The van der Waals surface area contributed by atoms with Gasteiger partial charge in [-0.15, -0.1) is 0 Å². The molecule has 1 N–H and O–H groups in total. The molecule has 4 heterocycles. The Balaban J connectivity index is 1.66. The number of H-pyrrole nitrogens is 1. The summed E-state index contributed by atoms with van der Waals surface area (Å²) >= 11 is 0. The van der Waals surface area contributed by atoms with E-state index < -0.39 is 5.79 Å². The fourth-order valence-electron chi connectivity index (χ4n) is 3.39. The van der Waals surface area contributed by atoms with Crippen molar-refractivity contribution in [1.29, 1.82) is 0 Å². The van der Waals surface area contributed by atoms with Crippen LogP contribution in [0.1, 0.15) is 33.6 Å². The van der Waals surface area contributed by atoms with E-state index in [1.807, 2.05) is 20.8 Å². The van der Waals surface area contributed by atoms with E-state index in [0.717, 1.165) is 25.9 Å². The number of rotatable bonds is 1. The highest BCUT2D eigenvalue weighted by Crippen LogP contribution is 2.32. The third kappa shape index (κ3) is 2.50. The first kappa shape index (κ1) is 15.6. The summed E-state index contributed by atoms with van der Waals surface area (Å²) in [5.74, 6) is 0.153. The second-order valence-corrected chi connectivity index (χ2v) is 7.45. The number of nitrogens with one attached hydrogen (secondary N) is 1. The van der Waals surface area contributed by atoms with Crippen LogP contribution in [0.5, 0.6) is 0 Å². The SMILES string of the molecule is CC(C)(C)n1ncc2c(=O)[nH]c(N3CCC4(CC3)OCCO4)nc21. The van der Waals surface area contributed by atoms with Crippen molar-refractivity contribution in [1.82, 2.24) is 19.7 Å². The first-order valence-electron chi connectivity index (χ1n) is 8.39. The van der Waals surface area contributed by atoms with Crippen LogP contribution in [0.15, 0.2) is 11.0 Å². The summed E-state index contributed by atoms with van der Waals surface area (Å²) in [7, 11) is 0. The Morgan fingerprint density at radius 1 is 1.21 bits per heavy atom. The third-order valence-corrected chi connectivity index (χ3v) is 4.70. The van der Waals surface area contributed by atoms with Crippen molar-refractivity contribution in [2.24, 2.45) is 0 Å². The fourth-order valence-corrected chi connectivity index (χ4v) is 3.39. The van der Waals surface area contributed by atoms with Crippen LogP contribution >= 0.6 is 0 Å². The molecule has 1 spiro atoms. The Morgan fingerprint density at radius 2 is 1.88 bits per heavy atom. The van der Waals surface area contributed by atoms with Gasteiger partial charge in [0, 0.05) is 25.9 Å². The Morgan fingerprint density at radius 3 is 2.50 bits per heavy atom. The minimum Gasteiger partial charge on any atom is -0.347 e. The Labute approximate surface area is 139 Å². The molecule has 2 aromatic rings. The van der Waals surface area contributed by atoms with Gasteiger partial charge in [0.2, 0.25) is 5.95 Å². The smallest absolute Gasteiger partial charge is 0.263 e. The minimum atomic E-state index is -0.436. The zero-order valence-electron chi connectivity index (χ0n) is 14.3. The number of nitrogens with zero attached hydrogens (tertiary/aromatic N) is 4. The second-order valence-electron chi connectivity index (χ2n) is 7.45. The van der Waals surface area contributed by atoms with Crippen molar-refractivity contribution in [3.63, 3.8) is 0 Å². The topological polar surface area (TPSA) is 85.3 Å². The minimum absolute atomic E-state index is 0.154. The van der Waals surface area contributed by atoms with Crippen LogP contribution in [0, 0.1) is 0 Å². The summed E-state index contributed by atoms with van der Waals surface area (Å²) < 4.78 is 13.3.